The minimum Gasteiger partial charge on any atom is -0.254 e. The summed E-state index contributed by atoms with van der Waals surface area (Å²) in [4.78, 5) is 0.735. The standard InChI is InChI=1S/C15H12BrNOS/c16-13-7-4-8-14(11-13)19(18)15(9-10-17)12-5-2-1-3-6-12/h1-8,11,15H,9H2. The molecule has 0 fully saturated rings. The smallest absolute Gasteiger partial charge is 0.0773 e. The number of hydrogen-bond acceptors (Lipinski definition) is 2. The Morgan fingerprint density at radius 1 is 1.16 bits per heavy atom. The summed E-state index contributed by atoms with van der Waals surface area (Å²) in [5.74, 6) is 0. The largest absolute Gasteiger partial charge is 0.254 e. The van der Waals surface area contributed by atoms with Crippen molar-refractivity contribution in [3.05, 3.63) is 64.6 Å². The summed E-state index contributed by atoms with van der Waals surface area (Å²) in [6.45, 7) is 0. The maximum absolute atomic E-state index is 12.6. The SMILES string of the molecule is N#CCC(c1ccccc1)S(=O)c1cccc(Br)c1. The molecule has 0 N–H and O–H groups in total. The summed E-state index contributed by atoms with van der Waals surface area (Å²) in [6.07, 6.45) is 0.239. The van der Waals surface area contributed by atoms with Gasteiger partial charge in [-0.15, -0.1) is 0 Å². The van der Waals surface area contributed by atoms with Crippen LogP contribution in [-0.4, -0.2) is 4.21 Å². The first-order valence-electron chi connectivity index (χ1n) is 5.80. The van der Waals surface area contributed by atoms with E-state index in [0.29, 0.717) is 0 Å². The molecule has 2 atom stereocenters. The van der Waals surface area contributed by atoms with Crippen LogP contribution in [0.4, 0.5) is 0 Å². The highest BCUT2D eigenvalue weighted by atomic mass is 79.9. The highest BCUT2D eigenvalue weighted by molar-refractivity contribution is 9.10. The number of halogens is 1. The van der Waals surface area contributed by atoms with Crippen molar-refractivity contribution in [1.29, 1.82) is 5.26 Å². The van der Waals surface area contributed by atoms with E-state index in [0.717, 1.165) is 14.9 Å². The molecule has 0 aliphatic carbocycles. The summed E-state index contributed by atoms with van der Waals surface area (Å²) in [6, 6.07) is 19.1. The molecule has 0 aliphatic rings. The Balaban J connectivity index is 2.35. The first kappa shape index (κ1) is 14.0. The molecule has 2 nitrogen and oxygen atoms in total. The lowest BCUT2D eigenvalue weighted by molar-refractivity contribution is 0.672. The van der Waals surface area contributed by atoms with Gasteiger partial charge in [0.1, 0.15) is 0 Å². The van der Waals surface area contributed by atoms with Crippen LogP contribution in [0.3, 0.4) is 0 Å². The third-order valence-corrected chi connectivity index (χ3v) is 4.90. The van der Waals surface area contributed by atoms with Crippen LogP contribution in [0.2, 0.25) is 0 Å². The van der Waals surface area contributed by atoms with Crippen molar-refractivity contribution in [3.8, 4) is 6.07 Å². The van der Waals surface area contributed by atoms with Gasteiger partial charge >= 0.3 is 0 Å². The second-order valence-electron chi connectivity index (χ2n) is 4.02. The van der Waals surface area contributed by atoms with Crippen molar-refractivity contribution in [2.24, 2.45) is 0 Å². The second kappa shape index (κ2) is 6.65. The quantitative estimate of drug-likeness (QED) is 0.840. The zero-order valence-corrected chi connectivity index (χ0v) is 12.5. The van der Waals surface area contributed by atoms with E-state index in [9.17, 15) is 4.21 Å². The molecule has 2 unspecified atom stereocenters. The third kappa shape index (κ3) is 3.52. The van der Waals surface area contributed by atoms with Crippen molar-refractivity contribution in [2.75, 3.05) is 0 Å². The molecule has 0 bridgehead atoms. The van der Waals surface area contributed by atoms with Gasteiger partial charge in [0.15, 0.2) is 0 Å². The number of benzene rings is 2. The van der Waals surface area contributed by atoms with Crippen molar-refractivity contribution in [2.45, 2.75) is 16.6 Å². The van der Waals surface area contributed by atoms with Gasteiger partial charge in [0.25, 0.3) is 0 Å². The molecular weight excluding hydrogens is 322 g/mol. The van der Waals surface area contributed by atoms with Gasteiger partial charge in [-0.3, -0.25) is 4.21 Å². The van der Waals surface area contributed by atoms with Crippen molar-refractivity contribution in [3.63, 3.8) is 0 Å². The lowest BCUT2D eigenvalue weighted by Gasteiger charge is -2.14. The number of nitrogens with zero attached hydrogens (tertiary/aromatic N) is 1. The molecule has 0 radical (unpaired) electrons. The van der Waals surface area contributed by atoms with Gasteiger partial charge in [0, 0.05) is 9.37 Å². The van der Waals surface area contributed by atoms with E-state index >= 15 is 0 Å². The maximum atomic E-state index is 12.6. The van der Waals surface area contributed by atoms with E-state index in [2.05, 4.69) is 22.0 Å². The fourth-order valence-electron chi connectivity index (χ4n) is 1.82. The lowest BCUT2D eigenvalue weighted by atomic mass is 10.1. The zero-order chi connectivity index (χ0) is 13.7. The predicted molar refractivity (Wildman–Crippen MR) is 80.0 cm³/mol. The number of rotatable bonds is 4. The van der Waals surface area contributed by atoms with E-state index < -0.39 is 10.8 Å². The summed E-state index contributed by atoms with van der Waals surface area (Å²) < 4.78 is 13.5. The van der Waals surface area contributed by atoms with Crippen LogP contribution in [0.25, 0.3) is 0 Å². The molecule has 0 spiro atoms. The van der Waals surface area contributed by atoms with Crippen LogP contribution < -0.4 is 0 Å². The topological polar surface area (TPSA) is 40.9 Å². The second-order valence-corrected chi connectivity index (χ2v) is 6.57. The third-order valence-electron chi connectivity index (χ3n) is 2.73. The van der Waals surface area contributed by atoms with Crippen LogP contribution in [0.5, 0.6) is 0 Å². The van der Waals surface area contributed by atoms with E-state index in [4.69, 9.17) is 5.26 Å². The average molecular weight is 334 g/mol. The van der Waals surface area contributed by atoms with E-state index in [-0.39, 0.29) is 11.7 Å². The van der Waals surface area contributed by atoms with Crippen LogP contribution >= 0.6 is 15.9 Å². The fraction of sp³-hybridized carbons (Fsp3) is 0.133. The summed E-state index contributed by atoms with van der Waals surface area (Å²) in [5, 5.41) is 8.66. The molecule has 2 aromatic rings. The lowest BCUT2D eigenvalue weighted by Crippen LogP contribution is -2.06. The Morgan fingerprint density at radius 2 is 1.89 bits per heavy atom. The van der Waals surface area contributed by atoms with Gasteiger partial charge in [-0.05, 0) is 23.8 Å². The van der Waals surface area contributed by atoms with Crippen molar-refractivity contribution < 1.29 is 4.21 Å². The summed E-state index contributed by atoms with van der Waals surface area (Å²) in [5.41, 5.74) is 0.933. The van der Waals surface area contributed by atoms with Gasteiger partial charge in [0.05, 0.1) is 28.5 Å². The average Bonchev–Trinajstić information content (AvgIpc) is 2.45. The molecule has 2 rings (SSSR count). The van der Waals surface area contributed by atoms with Gasteiger partial charge in [0.2, 0.25) is 0 Å². The monoisotopic (exact) mass is 333 g/mol. The van der Waals surface area contributed by atoms with Crippen LogP contribution in [0.1, 0.15) is 17.2 Å². The van der Waals surface area contributed by atoms with Crippen molar-refractivity contribution >= 4 is 26.7 Å². The molecule has 96 valence electrons. The van der Waals surface area contributed by atoms with Gasteiger partial charge in [-0.25, -0.2) is 0 Å². The normalized spacial score (nSPS) is 13.5. The molecule has 0 aromatic heterocycles. The van der Waals surface area contributed by atoms with E-state index in [1.807, 2.05) is 54.6 Å². The number of hydrogen-bond donors (Lipinski definition) is 0. The molecule has 0 saturated carbocycles. The van der Waals surface area contributed by atoms with Crippen LogP contribution in [-0.2, 0) is 10.8 Å². The molecule has 0 aliphatic heterocycles. The van der Waals surface area contributed by atoms with E-state index in [1.165, 1.54) is 0 Å². The van der Waals surface area contributed by atoms with Gasteiger partial charge in [-0.2, -0.15) is 5.26 Å². The maximum Gasteiger partial charge on any atom is 0.0773 e. The Kier molecular flexibility index (Phi) is 4.89. The molecular formula is C15H12BrNOS. The predicted octanol–water partition coefficient (Wildman–Crippen LogP) is 4.21. The first-order chi connectivity index (χ1) is 9.22. The Labute approximate surface area is 123 Å². The fourth-order valence-corrected chi connectivity index (χ4v) is 3.79. The summed E-state index contributed by atoms with van der Waals surface area (Å²) in [7, 11) is -1.23. The highest BCUT2D eigenvalue weighted by Crippen LogP contribution is 2.29. The Morgan fingerprint density at radius 3 is 2.53 bits per heavy atom. The summed E-state index contributed by atoms with van der Waals surface area (Å²) >= 11 is 3.38. The van der Waals surface area contributed by atoms with E-state index in [1.54, 1.807) is 0 Å². The first-order valence-corrected chi connectivity index (χ1v) is 7.81. The van der Waals surface area contributed by atoms with Crippen LogP contribution in [0.15, 0.2) is 64.0 Å². The Hall–Kier alpha value is -1.44. The molecule has 19 heavy (non-hydrogen) atoms. The zero-order valence-electron chi connectivity index (χ0n) is 10.1. The Bertz CT molecular complexity index is 622. The molecule has 0 saturated heterocycles. The van der Waals surface area contributed by atoms with Crippen LogP contribution in [0, 0.1) is 11.3 Å². The highest BCUT2D eigenvalue weighted by Gasteiger charge is 2.20. The molecule has 2 aromatic carbocycles. The van der Waals surface area contributed by atoms with Gasteiger partial charge in [-0.1, -0.05) is 52.3 Å². The number of nitriles is 1. The molecule has 0 amide bonds. The minimum absolute atomic E-state index is 0.239. The molecule has 4 heteroatoms. The van der Waals surface area contributed by atoms with Gasteiger partial charge < -0.3 is 0 Å². The molecule has 0 heterocycles. The van der Waals surface area contributed by atoms with Crippen molar-refractivity contribution in [1.82, 2.24) is 0 Å². The minimum atomic E-state index is -1.23.